The van der Waals surface area contributed by atoms with E-state index >= 15 is 0 Å². The number of carboxylic acid groups (broad SMARTS) is 1. The molecule has 2 aromatic carbocycles. The summed E-state index contributed by atoms with van der Waals surface area (Å²) >= 11 is 0. The minimum Gasteiger partial charge on any atom is -0.497 e. The average Bonchev–Trinajstić information content (AvgIpc) is 2.95. The Bertz CT molecular complexity index is 1060. The first-order chi connectivity index (χ1) is 12.8. The average molecular weight is 426 g/mol. The van der Waals surface area contributed by atoms with E-state index in [0.717, 1.165) is 10.9 Å². The fourth-order valence-electron chi connectivity index (χ4n) is 2.34. The van der Waals surface area contributed by atoms with Crippen LogP contribution in [0.15, 0.2) is 54.6 Å². The molecule has 140 valence electrons. The molecule has 0 fully saturated rings. The number of nitrogens with zero attached hydrogens (tertiary/aromatic N) is 1. The molecular formula is C18H15KN2O6S. The van der Waals surface area contributed by atoms with Gasteiger partial charge in [-0.05, 0) is 41.2 Å². The van der Waals surface area contributed by atoms with Gasteiger partial charge in [0.1, 0.15) is 11.4 Å². The van der Waals surface area contributed by atoms with Crippen LogP contribution in [0.25, 0.3) is 10.9 Å². The number of ether oxygens (including phenoxy) is 1. The second-order valence-corrected chi connectivity index (χ2v) is 5.72. The van der Waals surface area contributed by atoms with Crippen molar-refractivity contribution in [2.24, 2.45) is 5.14 Å². The number of benzene rings is 2. The van der Waals surface area contributed by atoms with Gasteiger partial charge < -0.3 is 23.4 Å². The molecule has 0 radical (unpaired) electrons. The van der Waals surface area contributed by atoms with Gasteiger partial charge in [-0.15, -0.1) is 0 Å². The number of hydrogen-bond acceptors (Lipinski definition) is 7. The molecule has 3 aromatic rings. The van der Waals surface area contributed by atoms with E-state index in [-0.39, 0.29) is 57.2 Å². The Kier molecular flexibility index (Phi) is 9.89. The van der Waals surface area contributed by atoms with Crippen LogP contribution in [-0.4, -0.2) is 29.0 Å². The molecule has 0 atom stereocenters. The van der Waals surface area contributed by atoms with Crippen molar-refractivity contribution in [2.45, 2.75) is 0 Å². The van der Waals surface area contributed by atoms with Gasteiger partial charge in [-0.2, -0.15) is 0 Å². The first-order valence-electron chi connectivity index (χ1n) is 7.49. The number of carbonyl (C=O) groups is 2. The molecule has 1 aliphatic rings. The Morgan fingerprint density at radius 1 is 1.11 bits per heavy atom. The standard InChI is InChI=1S/C11H7NO2.C7H6O2.K.H2NO2S/c1-14-7-4-6-2-3-9-11(13)8(5-7)10(6)12-9;8-7(9)6-4-2-1-3-5-6;;1-4(2)3/h2-5H,1H3;1-5H,(H,8,9);;(H2,1,2,3)/q;;+1;-1. The van der Waals surface area contributed by atoms with E-state index < -0.39 is 16.9 Å². The summed E-state index contributed by atoms with van der Waals surface area (Å²) in [6.45, 7) is 0. The quantitative estimate of drug-likeness (QED) is 0.321. The molecule has 2 bridgehead atoms. The normalized spacial score (nSPS) is 10.5. The Labute approximate surface area is 205 Å². The molecule has 8 nitrogen and oxygen atoms in total. The summed E-state index contributed by atoms with van der Waals surface area (Å²) in [5.74, 6) is -0.181. The zero-order valence-corrected chi connectivity index (χ0v) is 19.1. The fraction of sp³-hybridized carbons (Fsp3) is 0.0556. The van der Waals surface area contributed by atoms with Gasteiger partial charge >= 0.3 is 57.4 Å². The summed E-state index contributed by atoms with van der Waals surface area (Å²) < 4.78 is 22.7. The van der Waals surface area contributed by atoms with Gasteiger partial charge in [-0.1, -0.05) is 24.3 Å². The molecule has 0 saturated heterocycles. The van der Waals surface area contributed by atoms with Gasteiger partial charge in [0.25, 0.3) is 0 Å². The molecule has 0 saturated carbocycles. The Morgan fingerprint density at radius 2 is 1.71 bits per heavy atom. The van der Waals surface area contributed by atoms with Gasteiger partial charge in [0.15, 0.2) is 0 Å². The van der Waals surface area contributed by atoms with Crippen LogP contribution in [0, 0.1) is 0 Å². The van der Waals surface area contributed by atoms with Crippen molar-refractivity contribution in [2.75, 3.05) is 7.11 Å². The van der Waals surface area contributed by atoms with Crippen LogP contribution in [-0.2, 0) is 19.3 Å². The van der Waals surface area contributed by atoms with Gasteiger partial charge in [-0.25, -0.2) is 9.78 Å². The minimum atomic E-state index is -2.36. The maximum Gasteiger partial charge on any atom is 1.00 e. The number of methoxy groups -OCH3 is 1. The SMILES string of the molecule is COc1cc2c3nc(ccc3c1)C2=O.N[S-](=O)=O.O=C(O)c1ccccc1.[K+]. The predicted octanol–water partition coefficient (Wildman–Crippen LogP) is -0.654. The molecular weight excluding hydrogens is 411 g/mol. The molecule has 1 aliphatic heterocycles. The zero-order valence-electron chi connectivity index (χ0n) is 15.1. The third-order valence-corrected chi connectivity index (χ3v) is 3.50. The number of carbonyl (C=O) groups excluding carboxylic acids is 1. The van der Waals surface area contributed by atoms with Crippen molar-refractivity contribution >= 4 is 33.5 Å². The number of pyridine rings is 1. The number of aromatic carboxylic acids is 1. The van der Waals surface area contributed by atoms with E-state index in [9.17, 15) is 9.59 Å². The van der Waals surface area contributed by atoms with E-state index in [1.54, 1.807) is 49.6 Å². The summed E-state index contributed by atoms with van der Waals surface area (Å²) in [5, 5.41) is 13.4. The maximum absolute atomic E-state index is 11.7. The Hall–Kier alpha value is -1.66. The fourth-order valence-corrected chi connectivity index (χ4v) is 2.34. The largest absolute Gasteiger partial charge is 1.00 e. The topological polar surface area (TPSA) is 137 Å². The van der Waals surface area contributed by atoms with E-state index in [1.165, 1.54) is 0 Å². The van der Waals surface area contributed by atoms with Crippen LogP contribution in [0.5, 0.6) is 5.75 Å². The summed E-state index contributed by atoms with van der Waals surface area (Å²) in [6, 6.07) is 15.6. The van der Waals surface area contributed by atoms with E-state index in [1.807, 2.05) is 12.1 Å². The molecule has 1 aromatic heterocycles. The molecule has 2 heterocycles. The number of ketones is 1. The third kappa shape index (κ3) is 6.45. The van der Waals surface area contributed by atoms with Gasteiger partial charge in [-0.3, -0.25) is 4.79 Å². The summed E-state index contributed by atoms with van der Waals surface area (Å²) in [6.07, 6.45) is 0. The van der Waals surface area contributed by atoms with Crippen LogP contribution in [0.1, 0.15) is 26.4 Å². The van der Waals surface area contributed by atoms with Crippen molar-refractivity contribution in [1.82, 2.24) is 4.98 Å². The number of rotatable bonds is 2. The van der Waals surface area contributed by atoms with Crippen molar-refractivity contribution in [3.63, 3.8) is 0 Å². The van der Waals surface area contributed by atoms with Crippen molar-refractivity contribution in [1.29, 1.82) is 0 Å². The van der Waals surface area contributed by atoms with Gasteiger partial charge in [0, 0.05) is 5.39 Å². The molecule has 0 amide bonds. The first-order valence-corrected chi connectivity index (χ1v) is 8.62. The van der Waals surface area contributed by atoms with Gasteiger partial charge in [0.2, 0.25) is 5.78 Å². The molecule has 0 spiro atoms. The Morgan fingerprint density at radius 3 is 2.21 bits per heavy atom. The number of carboxylic acids is 1. The smallest absolute Gasteiger partial charge is 0.497 e. The molecule has 4 rings (SSSR count). The number of hydrogen-bond donors (Lipinski definition) is 2. The number of nitrogens with two attached hydrogens (primary N) is 1. The monoisotopic (exact) mass is 426 g/mol. The number of fused-ring (bicyclic) bond motifs is 1. The van der Waals surface area contributed by atoms with Crippen molar-refractivity contribution < 1.29 is 79.2 Å². The maximum atomic E-state index is 11.7. The van der Waals surface area contributed by atoms with Crippen LogP contribution < -0.4 is 61.3 Å². The summed E-state index contributed by atoms with van der Waals surface area (Å²) in [7, 11) is -0.770. The summed E-state index contributed by atoms with van der Waals surface area (Å²) in [4.78, 5) is 26.1. The molecule has 28 heavy (non-hydrogen) atoms. The van der Waals surface area contributed by atoms with Crippen molar-refractivity contribution in [3.05, 3.63) is 71.4 Å². The van der Waals surface area contributed by atoms with Crippen molar-refractivity contribution in [3.8, 4) is 5.75 Å². The second kappa shape index (κ2) is 11.4. The van der Waals surface area contributed by atoms with Gasteiger partial charge in [0.05, 0.1) is 23.8 Å². The van der Waals surface area contributed by atoms with E-state index in [4.69, 9.17) is 18.3 Å². The molecule has 0 unspecified atom stereocenters. The molecule has 10 heteroatoms. The molecule has 0 aliphatic carbocycles. The Balaban J connectivity index is 0.000000244. The summed E-state index contributed by atoms with van der Waals surface area (Å²) in [5.41, 5.74) is 2.30. The second-order valence-electron chi connectivity index (χ2n) is 5.20. The van der Waals surface area contributed by atoms with Crippen LogP contribution >= 0.6 is 0 Å². The minimum absolute atomic E-state index is 0. The first kappa shape index (κ1) is 24.4. The van der Waals surface area contributed by atoms with Crippen LogP contribution in [0.2, 0.25) is 0 Å². The zero-order chi connectivity index (χ0) is 20.0. The van der Waals surface area contributed by atoms with Crippen LogP contribution in [0.4, 0.5) is 0 Å². The predicted molar refractivity (Wildman–Crippen MR) is 98.1 cm³/mol. The van der Waals surface area contributed by atoms with E-state index in [2.05, 4.69) is 10.1 Å². The number of aromatic nitrogens is 1. The van der Waals surface area contributed by atoms with E-state index in [0.29, 0.717) is 22.6 Å². The molecule has 3 N–H and O–H groups in total. The third-order valence-electron chi connectivity index (χ3n) is 3.50. The van der Waals surface area contributed by atoms with Crippen LogP contribution in [0.3, 0.4) is 0 Å².